The van der Waals surface area contributed by atoms with Crippen molar-refractivity contribution in [2.75, 3.05) is 44.6 Å². The van der Waals surface area contributed by atoms with Crippen LogP contribution >= 0.6 is 0 Å². The molecule has 1 aliphatic heterocycles. The summed E-state index contributed by atoms with van der Waals surface area (Å²) < 4.78 is 0. The molecule has 0 unspecified atom stereocenters. The highest BCUT2D eigenvalue weighted by Gasteiger charge is 2.21. The molecule has 0 atom stereocenters. The normalized spacial score (nSPS) is 15.2. The van der Waals surface area contributed by atoms with Gasteiger partial charge in [0.2, 0.25) is 5.91 Å². The van der Waals surface area contributed by atoms with Gasteiger partial charge in [0.15, 0.2) is 0 Å². The number of nitrogens with zero attached hydrogens (tertiary/aromatic N) is 2. The Balaban J connectivity index is 1.72. The van der Waals surface area contributed by atoms with E-state index in [-0.39, 0.29) is 11.9 Å². The highest BCUT2D eigenvalue weighted by Crippen LogP contribution is 2.06. The van der Waals surface area contributed by atoms with Gasteiger partial charge in [0.1, 0.15) is 0 Å². The van der Waals surface area contributed by atoms with Crippen molar-refractivity contribution in [3.63, 3.8) is 0 Å². The van der Waals surface area contributed by atoms with Crippen molar-refractivity contribution in [3.05, 3.63) is 43.0 Å². The highest BCUT2D eigenvalue weighted by atomic mass is 16.2. The average Bonchev–Trinajstić information content (AvgIpc) is 2.54. The minimum absolute atomic E-state index is 0.0317. The van der Waals surface area contributed by atoms with Crippen LogP contribution in [0.15, 0.2) is 43.0 Å². The molecule has 1 saturated heterocycles. The van der Waals surface area contributed by atoms with Crippen molar-refractivity contribution in [2.45, 2.75) is 0 Å². The topological polar surface area (TPSA) is 64.7 Å². The number of hydrogen-bond donors (Lipinski definition) is 2. The number of piperazine rings is 1. The summed E-state index contributed by atoms with van der Waals surface area (Å²) in [5, 5.41) is 5.63. The van der Waals surface area contributed by atoms with Crippen molar-refractivity contribution in [1.82, 2.24) is 15.1 Å². The van der Waals surface area contributed by atoms with Crippen molar-refractivity contribution in [1.29, 1.82) is 0 Å². The number of carbonyl (C=O) groups excluding carboxylic acids is 2. The van der Waals surface area contributed by atoms with E-state index in [1.54, 1.807) is 11.0 Å². The van der Waals surface area contributed by atoms with Gasteiger partial charge in [-0.05, 0) is 12.1 Å². The molecule has 0 aliphatic carbocycles. The Hall–Kier alpha value is -2.34. The molecule has 3 amide bonds. The second-order valence-electron chi connectivity index (χ2n) is 5.15. The van der Waals surface area contributed by atoms with Gasteiger partial charge in [0, 0.05) is 38.4 Å². The van der Waals surface area contributed by atoms with Crippen LogP contribution in [0.4, 0.5) is 10.5 Å². The minimum atomic E-state index is -0.0757. The van der Waals surface area contributed by atoms with Crippen LogP contribution in [-0.4, -0.2) is 61.0 Å². The van der Waals surface area contributed by atoms with E-state index in [4.69, 9.17) is 0 Å². The number of urea groups is 1. The Kier molecular flexibility index (Phi) is 5.97. The first-order chi connectivity index (χ1) is 10.7. The Bertz CT molecular complexity index is 510. The van der Waals surface area contributed by atoms with Gasteiger partial charge >= 0.3 is 6.03 Å². The number of para-hydroxylation sites is 1. The van der Waals surface area contributed by atoms with Gasteiger partial charge in [-0.3, -0.25) is 9.69 Å². The lowest BCUT2D eigenvalue weighted by Crippen LogP contribution is -2.53. The second-order valence-corrected chi connectivity index (χ2v) is 5.15. The summed E-state index contributed by atoms with van der Waals surface area (Å²) in [6.45, 7) is 7.04. The molecule has 22 heavy (non-hydrogen) atoms. The van der Waals surface area contributed by atoms with Crippen LogP contribution in [0.5, 0.6) is 0 Å². The maximum atomic E-state index is 12.0. The fraction of sp³-hybridized carbons (Fsp3) is 0.375. The smallest absolute Gasteiger partial charge is 0.317 e. The van der Waals surface area contributed by atoms with Gasteiger partial charge in [-0.15, -0.1) is 6.58 Å². The standard InChI is InChI=1S/C16H22N4O2/c1-2-8-17-16(22)20-11-9-19(10-12-20)13-15(21)18-14-6-4-3-5-7-14/h2-7H,1,8-13H2,(H,17,22)(H,18,21). The van der Waals surface area contributed by atoms with Crippen LogP contribution in [0.3, 0.4) is 0 Å². The van der Waals surface area contributed by atoms with Gasteiger partial charge in [0.05, 0.1) is 6.54 Å². The second kappa shape index (κ2) is 8.19. The molecule has 0 aromatic heterocycles. The minimum Gasteiger partial charge on any atom is -0.335 e. The largest absolute Gasteiger partial charge is 0.335 e. The van der Waals surface area contributed by atoms with Crippen molar-refractivity contribution >= 4 is 17.6 Å². The lowest BCUT2D eigenvalue weighted by Gasteiger charge is -2.34. The van der Waals surface area contributed by atoms with E-state index in [0.29, 0.717) is 39.3 Å². The Morgan fingerprint density at radius 3 is 2.45 bits per heavy atom. The molecule has 2 rings (SSSR count). The maximum absolute atomic E-state index is 12.0. The summed E-state index contributed by atoms with van der Waals surface area (Å²) in [6.07, 6.45) is 1.65. The van der Waals surface area contributed by atoms with E-state index < -0.39 is 0 Å². The predicted octanol–water partition coefficient (Wildman–Crippen LogP) is 1.14. The Morgan fingerprint density at radius 1 is 1.14 bits per heavy atom. The van der Waals surface area contributed by atoms with Gasteiger partial charge in [-0.25, -0.2) is 4.79 Å². The fourth-order valence-corrected chi connectivity index (χ4v) is 2.31. The molecule has 0 saturated carbocycles. The van der Waals surface area contributed by atoms with E-state index in [2.05, 4.69) is 22.1 Å². The number of nitrogens with one attached hydrogen (secondary N) is 2. The van der Waals surface area contributed by atoms with Gasteiger partial charge < -0.3 is 15.5 Å². The Labute approximate surface area is 130 Å². The van der Waals surface area contributed by atoms with E-state index in [0.717, 1.165) is 5.69 Å². The molecular formula is C16H22N4O2. The SMILES string of the molecule is C=CCNC(=O)N1CCN(CC(=O)Nc2ccccc2)CC1. The third-order valence-electron chi connectivity index (χ3n) is 3.48. The lowest BCUT2D eigenvalue weighted by molar-refractivity contribution is -0.117. The maximum Gasteiger partial charge on any atom is 0.317 e. The third-order valence-corrected chi connectivity index (χ3v) is 3.48. The molecule has 2 N–H and O–H groups in total. The molecule has 6 heteroatoms. The number of carbonyl (C=O) groups is 2. The van der Waals surface area contributed by atoms with Crippen molar-refractivity contribution in [2.24, 2.45) is 0 Å². The molecule has 1 fully saturated rings. The molecule has 118 valence electrons. The number of amides is 3. The summed E-state index contributed by atoms with van der Waals surface area (Å²) in [5.74, 6) is -0.0317. The molecule has 1 aliphatic rings. The van der Waals surface area contributed by atoms with Gasteiger partial charge in [-0.1, -0.05) is 24.3 Å². The zero-order valence-electron chi connectivity index (χ0n) is 12.6. The first kappa shape index (κ1) is 16.0. The molecule has 1 heterocycles. The summed E-state index contributed by atoms with van der Waals surface area (Å²) in [5.41, 5.74) is 0.801. The van der Waals surface area contributed by atoms with Crippen LogP contribution in [0.2, 0.25) is 0 Å². The Morgan fingerprint density at radius 2 is 1.82 bits per heavy atom. The number of benzene rings is 1. The van der Waals surface area contributed by atoms with E-state index in [1.807, 2.05) is 30.3 Å². The third kappa shape index (κ3) is 4.89. The first-order valence-electron chi connectivity index (χ1n) is 7.40. The van der Waals surface area contributed by atoms with Crippen LogP contribution in [0.1, 0.15) is 0 Å². The van der Waals surface area contributed by atoms with Crippen LogP contribution in [-0.2, 0) is 4.79 Å². The molecule has 6 nitrogen and oxygen atoms in total. The quantitative estimate of drug-likeness (QED) is 0.802. The summed E-state index contributed by atoms with van der Waals surface area (Å²) >= 11 is 0. The van der Waals surface area contributed by atoms with Crippen LogP contribution in [0.25, 0.3) is 0 Å². The molecular weight excluding hydrogens is 280 g/mol. The number of hydrogen-bond acceptors (Lipinski definition) is 3. The van der Waals surface area contributed by atoms with Crippen LogP contribution < -0.4 is 10.6 Å². The van der Waals surface area contributed by atoms with Gasteiger partial charge in [-0.2, -0.15) is 0 Å². The van der Waals surface area contributed by atoms with E-state index in [1.165, 1.54) is 0 Å². The average molecular weight is 302 g/mol. The summed E-state index contributed by atoms with van der Waals surface area (Å²) in [6, 6.07) is 9.33. The molecule has 0 bridgehead atoms. The molecule has 0 radical (unpaired) electrons. The zero-order valence-corrected chi connectivity index (χ0v) is 12.6. The highest BCUT2D eigenvalue weighted by molar-refractivity contribution is 5.92. The monoisotopic (exact) mass is 302 g/mol. The van der Waals surface area contributed by atoms with Crippen molar-refractivity contribution in [3.8, 4) is 0 Å². The molecule has 1 aromatic rings. The van der Waals surface area contributed by atoms with Gasteiger partial charge in [0.25, 0.3) is 0 Å². The number of anilines is 1. The predicted molar refractivity (Wildman–Crippen MR) is 86.7 cm³/mol. The lowest BCUT2D eigenvalue weighted by atomic mass is 10.3. The van der Waals surface area contributed by atoms with Crippen LogP contribution in [0, 0.1) is 0 Å². The number of rotatable bonds is 5. The summed E-state index contributed by atoms with van der Waals surface area (Å²) in [7, 11) is 0. The molecule has 1 aromatic carbocycles. The van der Waals surface area contributed by atoms with E-state index >= 15 is 0 Å². The first-order valence-corrected chi connectivity index (χ1v) is 7.40. The summed E-state index contributed by atoms with van der Waals surface area (Å²) in [4.78, 5) is 27.6. The molecule has 0 spiro atoms. The van der Waals surface area contributed by atoms with Crippen molar-refractivity contribution < 1.29 is 9.59 Å². The fourth-order valence-electron chi connectivity index (χ4n) is 2.31. The zero-order chi connectivity index (χ0) is 15.8. The van der Waals surface area contributed by atoms with E-state index in [9.17, 15) is 9.59 Å².